The van der Waals surface area contributed by atoms with Crippen molar-refractivity contribution in [3.8, 4) is 0 Å². The van der Waals surface area contributed by atoms with Crippen LogP contribution in [0.5, 0.6) is 0 Å². The van der Waals surface area contributed by atoms with E-state index in [-0.39, 0.29) is 23.1 Å². The Balaban J connectivity index is 1.93. The SMILES string of the molecule is COC1CCC2(CC1)Cc1ccc(Br)cc1[C@H]2NC(=O)C(C)=N. The van der Waals surface area contributed by atoms with Crippen LogP contribution >= 0.6 is 15.9 Å². The normalized spacial score (nSPS) is 29.3. The largest absolute Gasteiger partial charge is 0.381 e. The molecule has 1 aromatic carbocycles. The number of benzene rings is 1. The van der Waals surface area contributed by atoms with Crippen molar-refractivity contribution in [3.63, 3.8) is 0 Å². The summed E-state index contributed by atoms with van der Waals surface area (Å²) in [6.45, 7) is 1.54. The zero-order valence-corrected chi connectivity index (χ0v) is 15.2. The number of rotatable bonds is 3. The minimum atomic E-state index is -0.268. The molecule has 0 bridgehead atoms. The number of amides is 1. The molecule has 0 aliphatic heterocycles. The summed E-state index contributed by atoms with van der Waals surface area (Å²) in [5.74, 6) is -0.268. The van der Waals surface area contributed by atoms with Gasteiger partial charge in [-0.3, -0.25) is 10.2 Å². The van der Waals surface area contributed by atoms with E-state index in [2.05, 4.69) is 39.4 Å². The third-order valence-electron chi connectivity index (χ3n) is 5.45. The van der Waals surface area contributed by atoms with Gasteiger partial charge in [0.25, 0.3) is 5.91 Å². The van der Waals surface area contributed by atoms with Crippen molar-refractivity contribution in [2.45, 2.75) is 51.2 Å². The van der Waals surface area contributed by atoms with Crippen LogP contribution in [0.1, 0.15) is 49.8 Å². The summed E-state index contributed by atoms with van der Waals surface area (Å²) in [5, 5.41) is 10.7. The second kappa shape index (κ2) is 6.36. The zero-order chi connectivity index (χ0) is 16.6. The fourth-order valence-electron chi connectivity index (χ4n) is 4.14. The van der Waals surface area contributed by atoms with Crippen LogP contribution in [0.15, 0.2) is 22.7 Å². The fraction of sp³-hybridized carbons (Fsp3) is 0.556. The van der Waals surface area contributed by atoms with E-state index in [0.29, 0.717) is 6.10 Å². The Bertz CT molecular complexity index is 636. The van der Waals surface area contributed by atoms with Crippen molar-refractivity contribution in [2.24, 2.45) is 5.41 Å². The molecule has 5 heteroatoms. The second-order valence-corrected chi connectivity index (χ2v) is 7.76. The molecule has 3 rings (SSSR count). The van der Waals surface area contributed by atoms with E-state index in [1.807, 2.05) is 0 Å². The van der Waals surface area contributed by atoms with Gasteiger partial charge in [0.1, 0.15) is 0 Å². The van der Waals surface area contributed by atoms with Gasteiger partial charge >= 0.3 is 0 Å². The minimum absolute atomic E-state index is 0.0133. The highest BCUT2D eigenvalue weighted by molar-refractivity contribution is 9.10. The molecule has 1 atom stereocenters. The molecule has 1 amide bonds. The molecule has 0 saturated heterocycles. The maximum atomic E-state index is 12.2. The van der Waals surface area contributed by atoms with Gasteiger partial charge in [-0.2, -0.15) is 0 Å². The number of hydrogen-bond acceptors (Lipinski definition) is 3. The third-order valence-corrected chi connectivity index (χ3v) is 5.94. The molecule has 0 aromatic heterocycles. The lowest BCUT2D eigenvalue weighted by molar-refractivity contribution is -0.116. The Kier molecular flexibility index (Phi) is 4.61. The number of hydrogen-bond donors (Lipinski definition) is 2. The topological polar surface area (TPSA) is 62.2 Å². The van der Waals surface area contributed by atoms with Crippen LogP contribution in [0, 0.1) is 10.8 Å². The molecule has 1 saturated carbocycles. The first-order chi connectivity index (χ1) is 10.9. The quantitative estimate of drug-likeness (QED) is 0.786. The molecule has 1 spiro atoms. The Morgan fingerprint density at radius 1 is 1.39 bits per heavy atom. The van der Waals surface area contributed by atoms with Gasteiger partial charge in [0.15, 0.2) is 0 Å². The molecule has 4 nitrogen and oxygen atoms in total. The molecular weight excluding hydrogens is 356 g/mol. The fourth-order valence-corrected chi connectivity index (χ4v) is 4.52. The van der Waals surface area contributed by atoms with Gasteiger partial charge < -0.3 is 10.1 Å². The molecule has 0 unspecified atom stereocenters. The van der Waals surface area contributed by atoms with Crippen LogP contribution in [-0.2, 0) is 16.0 Å². The highest BCUT2D eigenvalue weighted by Crippen LogP contribution is 2.54. The number of nitrogens with one attached hydrogen (secondary N) is 2. The van der Waals surface area contributed by atoms with Crippen molar-refractivity contribution in [3.05, 3.63) is 33.8 Å². The van der Waals surface area contributed by atoms with Gasteiger partial charge in [0, 0.05) is 11.6 Å². The highest BCUT2D eigenvalue weighted by Gasteiger charge is 2.48. The lowest BCUT2D eigenvalue weighted by atomic mass is 9.68. The van der Waals surface area contributed by atoms with Crippen LogP contribution in [0.2, 0.25) is 0 Å². The number of methoxy groups -OCH3 is 1. The van der Waals surface area contributed by atoms with Crippen LogP contribution in [-0.4, -0.2) is 24.8 Å². The first kappa shape index (κ1) is 16.7. The van der Waals surface area contributed by atoms with E-state index in [1.54, 1.807) is 14.0 Å². The summed E-state index contributed by atoms with van der Waals surface area (Å²) in [4.78, 5) is 12.2. The zero-order valence-electron chi connectivity index (χ0n) is 13.6. The number of carbonyl (C=O) groups excluding carboxylic acids is 1. The summed E-state index contributed by atoms with van der Waals surface area (Å²) >= 11 is 3.55. The number of carbonyl (C=O) groups is 1. The summed E-state index contributed by atoms with van der Waals surface area (Å²) in [5.41, 5.74) is 2.64. The van der Waals surface area contributed by atoms with Gasteiger partial charge in [-0.05, 0) is 67.7 Å². The number of ether oxygens (including phenoxy) is 1. The standard InChI is InChI=1S/C18H23BrN2O2/c1-11(20)17(22)21-16-15-9-13(19)4-3-12(15)10-18(16)7-5-14(23-2)6-8-18/h3-4,9,14,16,20H,5-8,10H2,1-2H3,(H,21,22)/t14?,16-,18?/m1/s1. The van der Waals surface area contributed by atoms with E-state index in [0.717, 1.165) is 36.6 Å². The Morgan fingerprint density at radius 2 is 2.09 bits per heavy atom. The lowest BCUT2D eigenvalue weighted by Gasteiger charge is -2.41. The van der Waals surface area contributed by atoms with Gasteiger partial charge in [0.2, 0.25) is 0 Å². The molecular formula is C18H23BrN2O2. The van der Waals surface area contributed by atoms with E-state index in [9.17, 15) is 4.79 Å². The van der Waals surface area contributed by atoms with Gasteiger partial charge in [-0.15, -0.1) is 0 Å². The molecule has 2 N–H and O–H groups in total. The van der Waals surface area contributed by atoms with Gasteiger partial charge in [-0.25, -0.2) is 0 Å². The van der Waals surface area contributed by atoms with Gasteiger partial charge in [-0.1, -0.05) is 22.0 Å². The van der Waals surface area contributed by atoms with Crippen molar-refractivity contribution in [2.75, 3.05) is 7.11 Å². The maximum absolute atomic E-state index is 12.2. The minimum Gasteiger partial charge on any atom is -0.381 e. The Hall–Kier alpha value is -1.20. The maximum Gasteiger partial charge on any atom is 0.265 e. The van der Waals surface area contributed by atoms with E-state index >= 15 is 0 Å². The Morgan fingerprint density at radius 3 is 2.70 bits per heavy atom. The molecule has 2 aliphatic rings. The number of fused-ring (bicyclic) bond motifs is 1. The van der Waals surface area contributed by atoms with E-state index < -0.39 is 0 Å². The molecule has 23 heavy (non-hydrogen) atoms. The van der Waals surface area contributed by atoms with Crippen LogP contribution in [0.4, 0.5) is 0 Å². The summed E-state index contributed by atoms with van der Waals surface area (Å²) in [6.07, 6.45) is 5.47. The van der Waals surface area contributed by atoms with Crippen molar-refractivity contribution >= 4 is 27.5 Å². The van der Waals surface area contributed by atoms with E-state index in [1.165, 1.54) is 11.1 Å². The van der Waals surface area contributed by atoms with Crippen LogP contribution in [0.3, 0.4) is 0 Å². The predicted molar refractivity (Wildman–Crippen MR) is 93.8 cm³/mol. The van der Waals surface area contributed by atoms with Crippen LogP contribution in [0.25, 0.3) is 0 Å². The van der Waals surface area contributed by atoms with Crippen LogP contribution < -0.4 is 5.32 Å². The van der Waals surface area contributed by atoms with Crippen molar-refractivity contribution in [1.29, 1.82) is 5.41 Å². The molecule has 1 aromatic rings. The predicted octanol–water partition coefficient (Wildman–Crippen LogP) is 3.78. The lowest BCUT2D eigenvalue weighted by Crippen LogP contribution is -2.43. The Labute approximate surface area is 145 Å². The monoisotopic (exact) mass is 378 g/mol. The second-order valence-electron chi connectivity index (χ2n) is 6.85. The average molecular weight is 379 g/mol. The highest BCUT2D eigenvalue weighted by atomic mass is 79.9. The first-order valence-corrected chi connectivity index (χ1v) is 8.91. The van der Waals surface area contributed by atoms with Gasteiger partial charge in [0.05, 0.1) is 17.9 Å². The molecule has 1 fully saturated rings. The third kappa shape index (κ3) is 3.09. The van der Waals surface area contributed by atoms with Crippen molar-refractivity contribution < 1.29 is 9.53 Å². The smallest absolute Gasteiger partial charge is 0.265 e. The molecule has 124 valence electrons. The molecule has 0 heterocycles. The summed E-state index contributed by atoms with van der Waals surface area (Å²) in [7, 11) is 1.78. The summed E-state index contributed by atoms with van der Waals surface area (Å²) < 4.78 is 6.55. The number of halogens is 1. The van der Waals surface area contributed by atoms with Crippen molar-refractivity contribution in [1.82, 2.24) is 5.32 Å². The molecule has 2 aliphatic carbocycles. The molecule has 0 radical (unpaired) electrons. The summed E-state index contributed by atoms with van der Waals surface area (Å²) in [6, 6.07) is 6.34. The first-order valence-electron chi connectivity index (χ1n) is 8.12. The average Bonchev–Trinajstić information content (AvgIpc) is 2.81. The van der Waals surface area contributed by atoms with E-state index in [4.69, 9.17) is 10.1 Å².